The van der Waals surface area contributed by atoms with Gasteiger partial charge >= 0.3 is 0 Å². The van der Waals surface area contributed by atoms with Gasteiger partial charge in [0, 0.05) is 25.8 Å². The number of aromatic nitrogens is 4. The number of nitrogen functional groups attached to an aromatic ring is 1. The third-order valence-electron chi connectivity index (χ3n) is 4.61. The second-order valence-electron chi connectivity index (χ2n) is 7.08. The summed E-state index contributed by atoms with van der Waals surface area (Å²) in [6.45, 7) is 6.74. The lowest BCUT2D eigenvalue weighted by Gasteiger charge is -2.25. The van der Waals surface area contributed by atoms with Gasteiger partial charge in [-0.25, -0.2) is 4.98 Å². The zero-order valence-electron chi connectivity index (χ0n) is 16.7. The Bertz CT molecular complexity index is 934. The van der Waals surface area contributed by atoms with Crippen molar-refractivity contribution in [3.05, 3.63) is 48.0 Å². The van der Waals surface area contributed by atoms with E-state index in [1.54, 1.807) is 23.0 Å². The van der Waals surface area contributed by atoms with Crippen molar-refractivity contribution < 1.29 is 5.11 Å². The summed E-state index contributed by atoms with van der Waals surface area (Å²) in [7, 11) is 1.96. The van der Waals surface area contributed by atoms with Gasteiger partial charge in [0.1, 0.15) is 17.8 Å². The van der Waals surface area contributed by atoms with Gasteiger partial charge in [0.15, 0.2) is 11.6 Å². The van der Waals surface area contributed by atoms with Crippen molar-refractivity contribution in [1.82, 2.24) is 19.5 Å². The lowest BCUT2D eigenvalue weighted by molar-refractivity contribution is 0.475. The summed E-state index contributed by atoms with van der Waals surface area (Å²) < 4.78 is 1.79. The minimum atomic E-state index is 0.236. The molecule has 0 fully saturated rings. The minimum Gasteiger partial charge on any atom is -0.508 e. The fraction of sp³-hybridized carbons (Fsp3) is 0.350. The number of imidazole rings is 1. The quantitative estimate of drug-likeness (QED) is 0.578. The summed E-state index contributed by atoms with van der Waals surface area (Å²) >= 11 is 0. The van der Waals surface area contributed by atoms with Gasteiger partial charge in [-0.15, -0.1) is 0 Å². The number of nitrogens with zero attached hydrogens (tertiary/aromatic N) is 5. The van der Waals surface area contributed by atoms with E-state index < -0.39 is 0 Å². The van der Waals surface area contributed by atoms with E-state index in [-0.39, 0.29) is 11.8 Å². The van der Waals surface area contributed by atoms with Crippen molar-refractivity contribution in [2.24, 2.45) is 0 Å². The van der Waals surface area contributed by atoms with E-state index in [1.807, 2.05) is 37.2 Å². The van der Waals surface area contributed by atoms with Crippen LogP contribution in [0.3, 0.4) is 0 Å². The number of aryl methyl sites for hydroxylation is 1. The molecule has 0 aliphatic carbocycles. The number of anilines is 3. The highest BCUT2D eigenvalue weighted by molar-refractivity contribution is 5.76. The molecule has 0 saturated heterocycles. The Morgan fingerprint density at radius 2 is 1.93 bits per heavy atom. The van der Waals surface area contributed by atoms with Crippen LogP contribution in [-0.2, 0) is 6.42 Å². The van der Waals surface area contributed by atoms with Crippen molar-refractivity contribution in [1.29, 1.82) is 0 Å². The van der Waals surface area contributed by atoms with Gasteiger partial charge in [0.2, 0.25) is 5.95 Å². The number of phenolic OH excluding ortho intramolecular Hbond substituents is 1. The zero-order valence-corrected chi connectivity index (χ0v) is 16.7. The summed E-state index contributed by atoms with van der Waals surface area (Å²) in [5.41, 5.74) is 8.91. The number of nitrogens with two attached hydrogens (primary N) is 1. The number of phenols is 1. The Morgan fingerprint density at radius 3 is 2.54 bits per heavy atom. The Kier molecular flexibility index (Phi) is 5.67. The van der Waals surface area contributed by atoms with E-state index >= 15 is 0 Å². The smallest absolute Gasteiger partial charge is 0.239 e. The molecule has 0 bridgehead atoms. The SMILES string of the molecule is Cc1cn(-c2nc(NCCc3ccc(O)cc3)c(N)c(N(C)C(C)C)n2)cn1. The molecule has 0 radical (unpaired) electrons. The molecule has 1 aromatic carbocycles. The largest absolute Gasteiger partial charge is 0.508 e. The summed E-state index contributed by atoms with van der Waals surface area (Å²) in [6.07, 6.45) is 4.35. The Hall–Kier alpha value is -3.29. The lowest BCUT2D eigenvalue weighted by Crippen LogP contribution is -2.28. The monoisotopic (exact) mass is 381 g/mol. The lowest BCUT2D eigenvalue weighted by atomic mass is 10.1. The molecule has 0 saturated carbocycles. The second-order valence-corrected chi connectivity index (χ2v) is 7.08. The maximum atomic E-state index is 9.40. The third kappa shape index (κ3) is 4.33. The number of hydrogen-bond donors (Lipinski definition) is 3. The molecule has 0 aliphatic rings. The van der Waals surface area contributed by atoms with E-state index in [0.717, 1.165) is 17.7 Å². The van der Waals surface area contributed by atoms with E-state index in [0.29, 0.717) is 29.8 Å². The first kappa shape index (κ1) is 19.5. The molecular weight excluding hydrogens is 354 g/mol. The van der Waals surface area contributed by atoms with Gasteiger partial charge in [0.05, 0.1) is 5.69 Å². The number of benzene rings is 1. The van der Waals surface area contributed by atoms with Crippen LogP contribution >= 0.6 is 0 Å². The molecular formula is C20H27N7O. The highest BCUT2D eigenvalue weighted by Gasteiger charge is 2.18. The number of nitrogens with one attached hydrogen (secondary N) is 1. The Labute approximate surface area is 165 Å². The predicted octanol–water partition coefficient (Wildman–Crippen LogP) is 2.76. The van der Waals surface area contributed by atoms with Crippen LogP contribution in [0.5, 0.6) is 5.75 Å². The standard InChI is InChI=1S/C20H27N7O/c1-13(2)26(4)19-17(21)18(22-10-9-15-5-7-16(28)8-6-15)24-20(25-19)27-11-14(3)23-12-27/h5-8,11-13,28H,9-10,21H2,1-4H3,(H,22,24,25). The number of aromatic hydroxyl groups is 1. The molecule has 28 heavy (non-hydrogen) atoms. The van der Waals surface area contributed by atoms with Gasteiger partial charge in [-0.05, 0) is 44.9 Å². The van der Waals surface area contributed by atoms with Crippen LogP contribution in [0.1, 0.15) is 25.1 Å². The average molecular weight is 381 g/mol. The van der Waals surface area contributed by atoms with Crippen LogP contribution in [0.25, 0.3) is 5.95 Å². The van der Waals surface area contributed by atoms with Gasteiger partial charge in [-0.2, -0.15) is 9.97 Å². The molecule has 2 heterocycles. The second kappa shape index (κ2) is 8.16. The van der Waals surface area contributed by atoms with Crippen molar-refractivity contribution in [2.45, 2.75) is 33.2 Å². The molecule has 3 aromatic rings. The molecule has 3 rings (SSSR count). The molecule has 4 N–H and O–H groups in total. The Balaban J connectivity index is 1.87. The molecule has 148 valence electrons. The van der Waals surface area contributed by atoms with Crippen LogP contribution in [0.2, 0.25) is 0 Å². The number of rotatable bonds is 7. The van der Waals surface area contributed by atoms with Crippen molar-refractivity contribution in [2.75, 3.05) is 29.5 Å². The molecule has 2 aromatic heterocycles. The fourth-order valence-corrected chi connectivity index (χ4v) is 2.73. The van der Waals surface area contributed by atoms with Gasteiger partial charge < -0.3 is 21.1 Å². The minimum absolute atomic E-state index is 0.236. The van der Waals surface area contributed by atoms with E-state index in [1.165, 1.54) is 0 Å². The molecule has 0 spiro atoms. The predicted molar refractivity (Wildman–Crippen MR) is 112 cm³/mol. The van der Waals surface area contributed by atoms with Gasteiger partial charge in [-0.3, -0.25) is 4.57 Å². The first-order valence-electron chi connectivity index (χ1n) is 9.28. The average Bonchev–Trinajstić information content (AvgIpc) is 3.10. The molecule has 8 heteroatoms. The van der Waals surface area contributed by atoms with E-state index in [9.17, 15) is 5.11 Å². The van der Waals surface area contributed by atoms with Crippen molar-refractivity contribution in [3.8, 4) is 11.7 Å². The van der Waals surface area contributed by atoms with Crippen LogP contribution in [-0.4, -0.2) is 44.3 Å². The van der Waals surface area contributed by atoms with Crippen molar-refractivity contribution in [3.63, 3.8) is 0 Å². The molecule has 0 aliphatic heterocycles. The van der Waals surface area contributed by atoms with E-state index in [4.69, 9.17) is 5.73 Å². The summed E-state index contributed by atoms with van der Waals surface area (Å²) in [5.74, 6) is 2.05. The summed E-state index contributed by atoms with van der Waals surface area (Å²) in [4.78, 5) is 15.6. The Morgan fingerprint density at radius 1 is 1.21 bits per heavy atom. The molecule has 0 unspecified atom stereocenters. The normalized spacial score (nSPS) is 11.0. The van der Waals surface area contributed by atoms with Gasteiger partial charge in [0.25, 0.3) is 0 Å². The summed E-state index contributed by atoms with van der Waals surface area (Å²) in [6, 6.07) is 7.41. The maximum Gasteiger partial charge on any atom is 0.239 e. The molecule has 0 amide bonds. The maximum absolute atomic E-state index is 9.40. The first-order chi connectivity index (χ1) is 13.3. The summed E-state index contributed by atoms with van der Waals surface area (Å²) in [5, 5.41) is 12.7. The molecule has 8 nitrogen and oxygen atoms in total. The van der Waals surface area contributed by atoms with Crippen molar-refractivity contribution >= 4 is 17.3 Å². The highest BCUT2D eigenvalue weighted by Crippen LogP contribution is 2.29. The third-order valence-corrected chi connectivity index (χ3v) is 4.61. The van der Waals surface area contributed by atoms with Crippen LogP contribution in [0, 0.1) is 6.92 Å². The van der Waals surface area contributed by atoms with Crippen LogP contribution in [0.15, 0.2) is 36.8 Å². The van der Waals surface area contributed by atoms with E-state index in [2.05, 4.69) is 34.1 Å². The van der Waals surface area contributed by atoms with Crippen LogP contribution in [0.4, 0.5) is 17.3 Å². The topological polar surface area (TPSA) is 105 Å². The zero-order chi connectivity index (χ0) is 20.3. The number of hydrogen-bond acceptors (Lipinski definition) is 7. The van der Waals surface area contributed by atoms with Gasteiger partial charge in [-0.1, -0.05) is 12.1 Å². The molecule has 0 atom stereocenters. The van der Waals surface area contributed by atoms with Crippen LogP contribution < -0.4 is 16.0 Å². The highest BCUT2D eigenvalue weighted by atomic mass is 16.3. The fourth-order valence-electron chi connectivity index (χ4n) is 2.73. The first-order valence-corrected chi connectivity index (χ1v) is 9.28.